The van der Waals surface area contributed by atoms with Gasteiger partial charge in [0.05, 0.1) is 51.8 Å². The van der Waals surface area contributed by atoms with Gasteiger partial charge in [-0.05, 0) is 13.8 Å². The third-order valence-corrected chi connectivity index (χ3v) is 16.9. The fourth-order valence-electron chi connectivity index (χ4n) is 11.6. The highest BCUT2D eigenvalue weighted by atomic mass is 16.8. The van der Waals surface area contributed by atoms with Crippen LogP contribution in [0.15, 0.2) is 0 Å². The summed E-state index contributed by atoms with van der Waals surface area (Å²) in [6.45, 7) is -2.32. The van der Waals surface area contributed by atoms with Crippen LogP contribution in [-0.4, -0.2) is 409 Å². The molecule has 540 valence electrons. The van der Waals surface area contributed by atoms with Crippen molar-refractivity contribution in [1.29, 1.82) is 0 Å². The molecule has 2 unspecified atom stereocenters. The molecule has 7 heterocycles. The Kier molecular flexibility index (Phi) is 28.2. The summed E-state index contributed by atoms with van der Waals surface area (Å²) in [4.78, 5) is 38.2. The smallest absolute Gasteiger partial charge is 0.217 e. The highest BCUT2D eigenvalue weighted by Gasteiger charge is 2.60. The third-order valence-electron chi connectivity index (χ3n) is 16.9. The number of carbonyl (C=O) groups excluding carboxylic acids is 3. The van der Waals surface area contributed by atoms with Gasteiger partial charge in [0.25, 0.3) is 0 Å². The molecular formula is C52H88N2O39. The molecule has 0 bridgehead atoms. The number of hydrogen-bond acceptors (Lipinski definition) is 39. The Morgan fingerprint density at radius 3 is 1.16 bits per heavy atom. The minimum Gasteiger partial charge on any atom is -0.394 e. The summed E-state index contributed by atoms with van der Waals surface area (Å²) in [5.41, 5.74) is 0. The number of nitrogens with one attached hydrogen (secondary N) is 2. The topological polar surface area (TPSA) is 650 Å². The molecule has 0 spiro atoms. The molecular weight excluding hydrogens is 1280 g/mol. The van der Waals surface area contributed by atoms with E-state index in [0.29, 0.717) is 0 Å². The van der Waals surface area contributed by atoms with Crippen LogP contribution in [0.2, 0.25) is 0 Å². The van der Waals surface area contributed by atoms with Crippen LogP contribution < -0.4 is 10.6 Å². The Balaban J connectivity index is 1.29. The maximum atomic E-state index is 13.3. The standard InChI is InChI=1S/C52H88N2O39/c1-12-25(65)31(71)35(75)48(81-12)89-42-21(10-60)86-47(24(54-15(4)62)44(42)92-51-38(78)34(74)29(69)19(8-58)84-51)93-45-30(70)22(87-52(39(45)79)88-40(17(64)6-56)27(67)16(63)5-55)11-80-46-23(53-14(3)61)43(91-49-36(76)32(72)26(66)13(2)82-49)41(20(9-59)85-46)90-50-37(77)33(73)28(68)18(7-57)83-50/h5,12-13,16-52,56-60,63-79H,6-11H2,1-4H3,(H,53,61)(H,54,62)/t12-,13-,16-,17+,18+,19+,20+,21+,22?,23+,24+,25+,26+,27+,28-,29-,30-,31+,32+,33-,34-,35-,36-,37+,38+,39+,40+,41+,42+,43+,44+,45?,46+,47-,48-,49-,50+,51-,52-/m0/s1. The lowest BCUT2D eigenvalue weighted by Crippen LogP contribution is -2.71. The maximum absolute atomic E-state index is 13.3. The molecule has 0 aromatic rings. The average Bonchev–Trinajstić information content (AvgIpc) is 0.778. The molecule has 2 amide bonds. The maximum Gasteiger partial charge on any atom is 0.217 e. The van der Waals surface area contributed by atoms with E-state index < -0.39 is 291 Å². The van der Waals surface area contributed by atoms with Gasteiger partial charge in [-0.3, -0.25) is 9.59 Å². The van der Waals surface area contributed by atoms with Crippen LogP contribution in [0.3, 0.4) is 0 Å². The number of carbonyl (C=O) groups is 3. The van der Waals surface area contributed by atoms with Gasteiger partial charge < -0.3 is 194 Å². The quantitative estimate of drug-likeness (QED) is 0.0358. The van der Waals surface area contributed by atoms with Crippen molar-refractivity contribution >= 4 is 18.1 Å². The normalized spacial score (nSPS) is 48.0. The Morgan fingerprint density at radius 2 is 0.763 bits per heavy atom. The number of ether oxygens (including phenoxy) is 14. The Bertz CT molecular complexity index is 2330. The van der Waals surface area contributed by atoms with E-state index in [1.54, 1.807) is 0 Å². The van der Waals surface area contributed by atoms with Crippen molar-refractivity contribution in [3.8, 4) is 0 Å². The number of amides is 2. The van der Waals surface area contributed by atoms with Gasteiger partial charge in [-0.2, -0.15) is 0 Å². The van der Waals surface area contributed by atoms with Crippen molar-refractivity contribution < 1.29 is 193 Å². The second-order valence-electron chi connectivity index (χ2n) is 23.5. The Morgan fingerprint density at radius 1 is 0.409 bits per heavy atom. The van der Waals surface area contributed by atoms with Gasteiger partial charge in [0.2, 0.25) is 11.8 Å². The summed E-state index contributed by atoms with van der Waals surface area (Å²) < 4.78 is 83.3. The zero-order valence-corrected chi connectivity index (χ0v) is 50.1. The molecule has 0 saturated carbocycles. The minimum absolute atomic E-state index is 0.207. The SMILES string of the molecule is CC(=O)N[C@H]1[C@H](OC2[C@@H](O)C(CO[C@@H]3O[C@H](CO)[C@@H](O[C@H]4O[C@H](CO)[C@H](O)[C@H](O)[C@H]4O)[C@H](O[C@@H]4O[C@@H](C)[C@@H](O)[C@@H](O)[C@@H]4O)[C@H]3NC(C)=O)O[C@@H](O[C@@H]([C@H](O)[C@@H](O)C=O)[C@H](O)CO)[C@@H]2O)O[C@H](CO)[C@@H](O[C@@H]2O[C@@H](C)[C@@H](O)[C@@H](O)[C@@H]2O)[C@@H]1O[C@@H]1O[C@H](CO)[C@H](O)[C@H](O)[C@H]1O. The van der Waals surface area contributed by atoms with E-state index in [-0.39, 0.29) is 6.29 Å². The lowest BCUT2D eigenvalue weighted by atomic mass is 9.93. The fraction of sp³-hybridized carbons (Fsp3) is 0.942. The zero-order valence-electron chi connectivity index (χ0n) is 50.1. The summed E-state index contributed by atoms with van der Waals surface area (Å²) in [5.74, 6) is -1.93. The van der Waals surface area contributed by atoms with E-state index in [0.717, 1.165) is 13.8 Å². The molecule has 41 nitrogen and oxygen atoms in total. The molecule has 7 rings (SSSR count). The molecule has 0 radical (unpaired) electrons. The molecule has 93 heavy (non-hydrogen) atoms. The van der Waals surface area contributed by atoms with E-state index in [1.807, 2.05) is 0 Å². The number of rotatable bonds is 26. The average molecular weight is 1370 g/mol. The summed E-state index contributed by atoms with van der Waals surface area (Å²) in [6, 6.07) is -3.89. The van der Waals surface area contributed by atoms with E-state index in [9.17, 15) is 127 Å². The van der Waals surface area contributed by atoms with Crippen LogP contribution in [-0.2, 0) is 80.7 Å². The lowest BCUT2D eigenvalue weighted by molar-refractivity contribution is -0.391. The number of aldehydes is 1. The van der Waals surface area contributed by atoms with Crippen LogP contribution in [0.4, 0.5) is 0 Å². The van der Waals surface area contributed by atoms with Crippen LogP contribution in [0, 0.1) is 0 Å². The fourth-order valence-corrected chi connectivity index (χ4v) is 11.6. The Labute approximate surface area is 527 Å². The van der Waals surface area contributed by atoms with Crippen molar-refractivity contribution in [2.75, 3.05) is 39.6 Å². The molecule has 0 aromatic carbocycles. The van der Waals surface area contributed by atoms with Crippen LogP contribution >= 0.6 is 0 Å². The molecule has 7 fully saturated rings. The molecule has 7 saturated heterocycles. The number of hydrogen-bond donors (Lipinski definition) is 24. The Hall–Kier alpha value is -2.83. The first-order valence-corrected chi connectivity index (χ1v) is 29.6. The van der Waals surface area contributed by atoms with Crippen molar-refractivity contribution in [2.45, 2.75) is 267 Å². The first-order chi connectivity index (χ1) is 43.9. The number of aliphatic hydroxyl groups is 22. The van der Waals surface area contributed by atoms with Gasteiger partial charge in [0, 0.05) is 13.8 Å². The largest absolute Gasteiger partial charge is 0.394 e. The lowest BCUT2D eigenvalue weighted by Gasteiger charge is -2.52. The molecule has 0 aliphatic carbocycles. The predicted molar refractivity (Wildman–Crippen MR) is 286 cm³/mol. The zero-order chi connectivity index (χ0) is 68.9. The minimum atomic E-state index is -2.52. The molecule has 7 aliphatic rings. The highest BCUT2D eigenvalue weighted by molar-refractivity contribution is 5.73. The van der Waals surface area contributed by atoms with Gasteiger partial charge in [-0.15, -0.1) is 0 Å². The molecule has 39 atom stereocenters. The van der Waals surface area contributed by atoms with Crippen LogP contribution in [0.5, 0.6) is 0 Å². The number of aliphatic hydroxyl groups excluding tert-OH is 22. The van der Waals surface area contributed by atoms with Crippen LogP contribution in [0.25, 0.3) is 0 Å². The van der Waals surface area contributed by atoms with Gasteiger partial charge in [0.1, 0.15) is 183 Å². The van der Waals surface area contributed by atoms with Crippen molar-refractivity contribution in [2.24, 2.45) is 0 Å². The molecule has 24 N–H and O–H groups in total. The highest BCUT2D eigenvalue weighted by Crippen LogP contribution is 2.39. The second kappa shape index (κ2) is 33.8. The van der Waals surface area contributed by atoms with Gasteiger partial charge in [0.15, 0.2) is 50.3 Å². The summed E-state index contributed by atoms with van der Waals surface area (Å²) in [5, 5.41) is 244. The first-order valence-electron chi connectivity index (χ1n) is 29.6. The van der Waals surface area contributed by atoms with Crippen molar-refractivity contribution in [1.82, 2.24) is 10.6 Å². The molecule has 7 aliphatic heterocycles. The monoisotopic (exact) mass is 1360 g/mol. The molecule has 0 aromatic heterocycles. The summed E-state index contributed by atoms with van der Waals surface area (Å²) >= 11 is 0. The van der Waals surface area contributed by atoms with E-state index in [4.69, 9.17) is 66.3 Å². The summed E-state index contributed by atoms with van der Waals surface area (Å²) in [6.07, 6.45) is -75.6. The van der Waals surface area contributed by atoms with Crippen molar-refractivity contribution in [3.63, 3.8) is 0 Å². The van der Waals surface area contributed by atoms with E-state index in [2.05, 4.69) is 10.6 Å². The third kappa shape index (κ3) is 17.3. The van der Waals surface area contributed by atoms with E-state index >= 15 is 0 Å². The van der Waals surface area contributed by atoms with Gasteiger partial charge >= 0.3 is 0 Å². The second-order valence-corrected chi connectivity index (χ2v) is 23.5. The van der Waals surface area contributed by atoms with Crippen molar-refractivity contribution in [3.05, 3.63) is 0 Å². The molecule has 41 heteroatoms. The van der Waals surface area contributed by atoms with E-state index in [1.165, 1.54) is 13.8 Å². The predicted octanol–water partition coefficient (Wildman–Crippen LogP) is -16.3. The first kappa shape index (κ1) is 77.5. The summed E-state index contributed by atoms with van der Waals surface area (Å²) in [7, 11) is 0. The van der Waals surface area contributed by atoms with Gasteiger partial charge in [-0.1, -0.05) is 0 Å². The van der Waals surface area contributed by atoms with Gasteiger partial charge in [-0.25, -0.2) is 0 Å². The van der Waals surface area contributed by atoms with Crippen LogP contribution in [0.1, 0.15) is 27.7 Å².